The molecule has 0 radical (unpaired) electrons. The minimum atomic E-state index is -1.06. The van der Waals surface area contributed by atoms with E-state index >= 15 is 0 Å². The summed E-state index contributed by atoms with van der Waals surface area (Å²) in [4.78, 5) is 24.2. The average Bonchev–Trinajstić information content (AvgIpc) is 3.18. The van der Waals surface area contributed by atoms with Gasteiger partial charge in [-0.2, -0.15) is 15.2 Å². The standard InChI is InChI=1S/C25H22N4O4.C2H7NO/c1-14-10-11-19(12-15(14)2)29-24(31)22(16(3)28-29)27-26-21-9-5-8-20(23(21)30)17-6-4-7-18(13-17)25(32)33;3-1-2-4/h4-13,26,30H,1-3H3,(H,32,33);4H,1-3H2/b27-22-;. The summed E-state index contributed by atoms with van der Waals surface area (Å²) in [5.74, 6) is -1.55. The molecule has 3 aromatic carbocycles. The highest BCUT2D eigenvalue weighted by Crippen LogP contribution is 2.36. The smallest absolute Gasteiger partial charge is 0.335 e. The number of aromatic hydroxyl groups is 1. The van der Waals surface area contributed by atoms with Crippen LogP contribution in [0.1, 0.15) is 28.4 Å². The van der Waals surface area contributed by atoms with Gasteiger partial charge in [0.2, 0.25) is 0 Å². The molecule has 0 atom stereocenters. The quantitative estimate of drug-likeness (QED) is 0.254. The minimum absolute atomic E-state index is 0.0972. The van der Waals surface area contributed by atoms with Crippen LogP contribution >= 0.6 is 0 Å². The van der Waals surface area contributed by atoms with Crippen molar-refractivity contribution in [2.75, 3.05) is 23.6 Å². The maximum Gasteiger partial charge on any atom is 0.335 e. The number of para-hydroxylation sites is 1. The van der Waals surface area contributed by atoms with E-state index < -0.39 is 5.97 Å². The molecule has 1 amide bonds. The van der Waals surface area contributed by atoms with Crippen molar-refractivity contribution < 1.29 is 24.9 Å². The molecule has 10 heteroatoms. The number of aryl methyl sites for hydroxylation is 2. The van der Waals surface area contributed by atoms with Crippen molar-refractivity contribution in [3.63, 3.8) is 0 Å². The number of carboxylic acid groups (broad SMARTS) is 1. The lowest BCUT2D eigenvalue weighted by Gasteiger charge is -2.13. The number of hydrazone groups is 2. The molecule has 0 saturated heterocycles. The number of amides is 1. The predicted molar refractivity (Wildman–Crippen MR) is 144 cm³/mol. The van der Waals surface area contributed by atoms with Gasteiger partial charge in [-0.3, -0.25) is 10.2 Å². The molecular formula is C27H29N5O5. The second-order valence-electron chi connectivity index (χ2n) is 8.24. The molecule has 0 unspecified atom stereocenters. The van der Waals surface area contributed by atoms with Crippen LogP contribution in [-0.2, 0) is 4.79 Å². The highest BCUT2D eigenvalue weighted by Gasteiger charge is 2.31. The zero-order valence-corrected chi connectivity index (χ0v) is 20.8. The number of carboxylic acids is 1. The van der Waals surface area contributed by atoms with Crippen molar-refractivity contribution in [1.82, 2.24) is 0 Å². The highest BCUT2D eigenvalue weighted by atomic mass is 16.4. The number of aliphatic hydroxyl groups excluding tert-OH is 1. The number of nitrogens with zero attached hydrogens (tertiary/aromatic N) is 3. The summed E-state index contributed by atoms with van der Waals surface area (Å²) >= 11 is 0. The highest BCUT2D eigenvalue weighted by molar-refractivity contribution is 6.71. The zero-order chi connectivity index (χ0) is 27.1. The molecule has 1 aliphatic rings. The van der Waals surface area contributed by atoms with Gasteiger partial charge in [0.05, 0.1) is 29.3 Å². The number of carbonyl (C=O) groups is 2. The number of phenolic OH excluding ortho intramolecular Hbond substituents is 1. The van der Waals surface area contributed by atoms with Crippen LogP contribution in [0.25, 0.3) is 11.1 Å². The largest absolute Gasteiger partial charge is 0.505 e. The van der Waals surface area contributed by atoms with Crippen LogP contribution in [0.2, 0.25) is 0 Å². The molecule has 37 heavy (non-hydrogen) atoms. The van der Waals surface area contributed by atoms with E-state index in [0.717, 1.165) is 11.1 Å². The van der Waals surface area contributed by atoms with E-state index in [0.29, 0.717) is 29.1 Å². The van der Waals surface area contributed by atoms with E-state index in [-0.39, 0.29) is 35.2 Å². The van der Waals surface area contributed by atoms with Gasteiger partial charge in [0.25, 0.3) is 0 Å². The van der Waals surface area contributed by atoms with Crippen molar-refractivity contribution in [2.45, 2.75) is 20.8 Å². The Morgan fingerprint density at radius 3 is 2.41 bits per heavy atom. The number of carbonyl (C=O) groups excluding carboxylic acids is 1. The Hall–Kier alpha value is -4.54. The molecule has 192 valence electrons. The number of phenols is 1. The summed E-state index contributed by atoms with van der Waals surface area (Å²) in [6.07, 6.45) is 0. The number of aromatic carboxylic acids is 1. The first-order valence-corrected chi connectivity index (χ1v) is 11.5. The molecule has 0 aromatic heterocycles. The van der Waals surface area contributed by atoms with Crippen LogP contribution < -0.4 is 16.2 Å². The Morgan fingerprint density at radius 2 is 1.76 bits per heavy atom. The topological polar surface area (TPSA) is 161 Å². The molecule has 0 bridgehead atoms. The third-order valence-corrected chi connectivity index (χ3v) is 5.60. The third kappa shape index (κ3) is 6.18. The predicted octanol–water partition coefficient (Wildman–Crippen LogP) is 3.50. The molecule has 3 aromatic rings. The fourth-order valence-corrected chi connectivity index (χ4v) is 3.46. The van der Waals surface area contributed by atoms with E-state index in [9.17, 15) is 19.8 Å². The van der Waals surface area contributed by atoms with Crippen molar-refractivity contribution in [1.29, 1.82) is 0 Å². The lowest BCUT2D eigenvalue weighted by molar-refractivity contribution is -0.112. The number of anilines is 2. The van der Waals surface area contributed by atoms with Crippen LogP contribution in [0.15, 0.2) is 70.9 Å². The Bertz CT molecular complexity index is 1380. The minimum Gasteiger partial charge on any atom is -0.505 e. The zero-order valence-electron chi connectivity index (χ0n) is 20.8. The van der Waals surface area contributed by atoms with Gasteiger partial charge in [0.1, 0.15) is 5.75 Å². The number of benzene rings is 3. The van der Waals surface area contributed by atoms with Gasteiger partial charge in [-0.1, -0.05) is 30.3 Å². The maximum absolute atomic E-state index is 12.9. The van der Waals surface area contributed by atoms with E-state index in [1.54, 1.807) is 37.3 Å². The van der Waals surface area contributed by atoms with Gasteiger partial charge >= 0.3 is 11.9 Å². The van der Waals surface area contributed by atoms with Crippen LogP contribution in [0, 0.1) is 13.8 Å². The Balaban J connectivity index is 0.000000886. The third-order valence-electron chi connectivity index (χ3n) is 5.60. The number of rotatable bonds is 6. The molecule has 6 N–H and O–H groups in total. The Morgan fingerprint density at radius 1 is 1.05 bits per heavy atom. The maximum atomic E-state index is 12.9. The molecule has 10 nitrogen and oxygen atoms in total. The lowest BCUT2D eigenvalue weighted by atomic mass is 10.0. The normalized spacial score (nSPS) is 13.8. The first-order valence-electron chi connectivity index (χ1n) is 11.5. The average molecular weight is 504 g/mol. The fraction of sp³-hybridized carbons (Fsp3) is 0.185. The fourth-order valence-electron chi connectivity index (χ4n) is 3.46. The summed E-state index contributed by atoms with van der Waals surface area (Å²) in [6, 6.07) is 16.9. The summed E-state index contributed by atoms with van der Waals surface area (Å²) in [5.41, 5.74) is 12.3. The molecule has 1 aliphatic heterocycles. The number of aliphatic hydroxyl groups is 1. The van der Waals surface area contributed by atoms with Gasteiger partial charge in [0, 0.05) is 12.1 Å². The van der Waals surface area contributed by atoms with Crippen LogP contribution in [-0.4, -0.2) is 51.8 Å². The van der Waals surface area contributed by atoms with Crippen molar-refractivity contribution in [3.05, 3.63) is 77.4 Å². The second-order valence-corrected chi connectivity index (χ2v) is 8.24. The van der Waals surface area contributed by atoms with Gasteiger partial charge in [-0.05, 0) is 67.8 Å². The van der Waals surface area contributed by atoms with E-state index in [4.69, 9.17) is 10.8 Å². The monoisotopic (exact) mass is 503 g/mol. The van der Waals surface area contributed by atoms with E-state index in [2.05, 4.69) is 15.6 Å². The number of nitrogens with two attached hydrogens (primary N) is 1. The summed E-state index contributed by atoms with van der Waals surface area (Å²) in [6.45, 7) is 6.12. The number of hydrogen-bond donors (Lipinski definition) is 5. The lowest BCUT2D eigenvalue weighted by Crippen LogP contribution is -2.28. The molecule has 1 heterocycles. The molecule has 0 fully saturated rings. The molecule has 4 rings (SSSR count). The van der Waals surface area contributed by atoms with Crippen LogP contribution in [0.4, 0.5) is 11.4 Å². The number of hydrogen-bond acceptors (Lipinski definition) is 8. The van der Waals surface area contributed by atoms with Crippen LogP contribution in [0.5, 0.6) is 5.75 Å². The molecule has 0 aliphatic carbocycles. The number of nitrogens with one attached hydrogen (secondary N) is 1. The summed E-state index contributed by atoms with van der Waals surface area (Å²) < 4.78 is 0. The second kappa shape index (κ2) is 11.9. The van der Waals surface area contributed by atoms with E-state index in [1.807, 2.05) is 32.0 Å². The molecular weight excluding hydrogens is 474 g/mol. The van der Waals surface area contributed by atoms with Crippen LogP contribution in [0.3, 0.4) is 0 Å². The van der Waals surface area contributed by atoms with Gasteiger partial charge in [-0.25, -0.2) is 4.79 Å². The van der Waals surface area contributed by atoms with Gasteiger partial charge < -0.3 is 21.1 Å². The van der Waals surface area contributed by atoms with Crippen molar-refractivity contribution >= 4 is 34.7 Å². The van der Waals surface area contributed by atoms with Gasteiger partial charge in [0.15, 0.2) is 5.71 Å². The van der Waals surface area contributed by atoms with Gasteiger partial charge in [-0.15, -0.1) is 0 Å². The Kier molecular flexibility index (Phi) is 8.72. The van der Waals surface area contributed by atoms with Crippen molar-refractivity contribution in [3.8, 4) is 16.9 Å². The Labute approximate surface area is 214 Å². The van der Waals surface area contributed by atoms with E-state index in [1.165, 1.54) is 17.1 Å². The summed E-state index contributed by atoms with van der Waals surface area (Å²) in [7, 11) is 0. The van der Waals surface area contributed by atoms with Crippen molar-refractivity contribution in [2.24, 2.45) is 15.9 Å². The first kappa shape index (κ1) is 27.1. The SMILES string of the molecule is CC1=NN(c2ccc(C)c(C)c2)C(=O)/C1=N\Nc1cccc(-c2cccc(C(=O)O)c2)c1O.NCCO. The molecule has 0 spiro atoms. The molecule has 0 saturated carbocycles. The summed E-state index contributed by atoms with van der Waals surface area (Å²) in [5, 5.41) is 37.6. The first-order chi connectivity index (χ1) is 17.7.